The normalized spacial score (nSPS) is 10.9. The number of halogens is 1. The van der Waals surface area contributed by atoms with Crippen molar-refractivity contribution >= 4 is 17.3 Å². The van der Waals surface area contributed by atoms with E-state index in [2.05, 4.69) is 15.4 Å². The fourth-order valence-corrected chi connectivity index (χ4v) is 2.12. The smallest absolute Gasteiger partial charge is 0.237 e. The molecule has 5 nitrogen and oxygen atoms in total. The highest BCUT2D eigenvalue weighted by Crippen LogP contribution is 2.25. The molecule has 20 heavy (non-hydrogen) atoms. The third-order valence-corrected chi connectivity index (χ3v) is 3.32. The Bertz CT molecular complexity index is 595. The van der Waals surface area contributed by atoms with Gasteiger partial charge in [0.2, 0.25) is 5.88 Å². The summed E-state index contributed by atoms with van der Waals surface area (Å²) in [4.78, 5) is 4.24. The molecule has 2 aromatic heterocycles. The molecule has 0 aliphatic rings. The first kappa shape index (κ1) is 14.7. The number of ether oxygens (including phenoxy) is 1. The van der Waals surface area contributed by atoms with E-state index in [0.29, 0.717) is 17.4 Å². The van der Waals surface area contributed by atoms with Crippen LogP contribution in [-0.2, 0) is 13.6 Å². The number of hydrogen-bond acceptors (Lipinski definition) is 4. The minimum Gasteiger partial charge on any atom is -0.473 e. The fraction of sp³-hybridized carbons (Fsp3) is 0.429. The zero-order valence-electron chi connectivity index (χ0n) is 12.1. The van der Waals surface area contributed by atoms with Crippen molar-refractivity contribution in [2.24, 2.45) is 7.05 Å². The van der Waals surface area contributed by atoms with Crippen molar-refractivity contribution < 1.29 is 4.74 Å². The van der Waals surface area contributed by atoms with Crippen molar-refractivity contribution in [3.63, 3.8) is 0 Å². The molecule has 0 saturated heterocycles. The zero-order valence-corrected chi connectivity index (χ0v) is 12.9. The minimum atomic E-state index is 0.0768. The van der Waals surface area contributed by atoms with Gasteiger partial charge in [-0.1, -0.05) is 11.6 Å². The van der Waals surface area contributed by atoms with Gasteiger partial charge in [-0.2, -0.15) is 5.10 Å². The number of aromatic nitrogens is 3. The summed E-state index contributed by atoms with van der Waals surface area (Å²) in [5.74, 6) is 0.595. The van der Waals surface area contributed by atoms with E-state index in [1.54, 1.807) is 10.9 Å². The highest BCUT2D eigenvalue weighted by Gasteiger charge is 2.12. The Morgan fingerprint density at radius 3 is 2.80 bits per heavy atom. The van der Waals surface area contributed by atoms with Crippen LogP contribution < -0.4 is 10.1 Å². The predicted octanol–water partition coefficient (Wildman–Crippen LogP) is 3.18. The van der Waals surface area contributed by atoms with Crippen LogP contribution in [0.3, 0.4) is 0 Å². The topological polar surface area (TPSA) is 52.0 Å². The number of hydrogen-bond donors (Lipinski definition) is 1. The van der Waals surface area contributed by atoms with Crippen molar-refractivity contribution in [3.8, 4) is 5.88 Å². The standard InChI is InChI=1S/C14H19ClN4O/c1-9(2)20-14-11(6-5-7-16-14)17-8-12-13(15)10(3)18-19(12)4/h5-7,9,17H,8H2,1-4H3. The van der Waals surface area contributed by atoms with E-state index in [4.69, 9.17) is 16.3 Å². The predicted molar refractivity (Wildman–Crippen MR) is 80.3 cm³/mol. The monoisotopic (exact) mass is 294 g/mol. The van der Waals surface area contributed by atoms with E-state index in [0.717, 1.165) is 17.1 Å². The maximum absolute atomic E-state index is 6.23. The van der Waals surface area contributed by atoms with Crippen LogP contribution in [0, 0.1) is 6.92 Å². The number of pyridine rings is 1. The van der Waals surface area contributed by atoms with Crippen LogP contribution in [-0.4, -0.2) is 20.9 Å². The molecule has 0 bridgehead atoms. The van der Waals surface area contributed by atoms with E-state index in [-0.39, 0.29) is 6.10 Å². The molecule has 2 rings (SSSR count). The lowest BCUT2D eigenvalue weighted by Gasteiger charge is -2.14. The molecular formula is C14H19ClN4O. The molecular weight excluding hydrogens is 276 g/mol. The summed E-state index contributed by atoms with van der Waals surface area (Å²) in [5.41, 5.74) is 2.61. The van der Waals surface area contributed by atoms with E-state index in [9.17, 15) is 0 Å². The van der Waals surface area contributed by atoms with Gasteiger partial charge in [-0.05, 0) is 32.9 Å². The summed E-state index contributed by atoms with van der Waals surface area (Å²) in [5, 5.41) is 8.28. The van der Waals surface area contributed by atoms with E-state index >= 15 is 0 Å². The SMILES string of the molecule is Cc1nn(C)c(CNc2cccnc2OC(C)C)c1Cl. The van der Waals surface area contributed by atoms with Gasteiger partial charge in [-0.3, -0.25) is 4.68 Å². The maximum Gasteiger partial charge on any atom is 0.237 e. The van der Waals surface area contributed by atoms with E-state index < -0.39 is 0 Å². The average molecular weight is 295 g/mol. The fourth-order valence-electron chi connectivity index (χ4n) is 1.89. The third kappa shape index (κ3) is 3.22. The molecule has 2 aromatic rings. The van der Waals surface area contributed by atoms with Crippen LogP contribution in [0.4, 0.5) is 5.69 Å². The number of aryl methyl sites for hydroxylation is 2. The van der Waals surface area contributed by atoms with Gasteiger partial charge in [-0.25, -0.2) is 4.98 Å². The molecule has 6 heteroatoms. The van der Waals surface area contributed by atoms with Crippen molar-refractivity contribution in [1.29, 1.82) is 0 Å². The summed E-state index contributed by atoms with van der Waals surface area (Å²) in [6.07, 6.45) is 1.79. The molecule has 0 amide bonds. The van der Waals surface area contributed by atoms with E-state index in [1.165, 1.54) is 0 Å². The van der Waals surface area contributed by atoms with E-state index in [1.807, 2.05) is 40.0 Å². The second-order valence-corrected chi connectivity index (χ2v) is 5.22. The summed E-state index contributed by atoms with van der Waals surface area (Å²) < 4.78 is 7.45. The number of rotatable bonds is 5. The maximum atomic E-state index is 6.23. The molecule has 108 valence electrons. The molecule has 0 fully saturated rings. The molecule has 0 atom stereocenters. The quantitative estimate of drug-likeness (QED) is 0.920. The Hall–Kier alpha value is -1.75. The molecule has 0 aliphatic heterocycles. The van der Waals surface area contributed by atoms with Crippen LogP contribution in [0.2, 0.25) is 5.02 Å². The lowest BCUT2D eigenvalue weighted by molar-refractivity contribution is 0.234. The molecule has 0 unspecified atom stereocenters. The van der Waals surface area contributed by atoms with Crippen molar-refractivity contribution in [2.75, 3.05) is 5.32 Å². The average Bonchev–Trinajstić information content (AvgIpc) is 2.62. The van der Waals surface area contributed by atoms with Crippen molar-refractivity contribution in [3.05, 3.63) is 34.7 Å². The summed E-state index contributed by atoms with van der Waals surface area (Å²) >= 11 is 6.23. The minimum absolute atomic E-state index is 0.0768. The number of nitrogens with zero attached hydrogens (tertiary/aromatic N) is 3. The Balaban J connectivity index is 2.15. The number of anilines is 1. The van der Waals surface area contributed by atoms with Crippen molar-refractivity contribution in [2.45, 2.75) is 33.4 Å². The second-order valence-electron chi connectivity index (χ2n) is 4.85. The summed E-state index contributed by atoms with van der Waals surface area (Å²) in [6, 6.07) is 3.80. The highest BCUT2D eigenvalue weighted by molar-refractivity contribution is 6.31. The first-order valence-corrected chi connectivity index (χ1v) is 6.90. The lowest BCUT2D eigenvalue weighted by Crippen LogP contribution is -2.11. The Kier molecular flexibility index (Phi) is 4.49. The highest BCUT2D eigenvalue weighted by atomic mass is 35.5. The molecule has 0 aromatic carbocycles. The Labute approximate surface area is 123 Å². The van der Waals surface area contributed by atoms with Gasteiger partial charge in [0.1, 0.15) is 0 Å². The lowest BCUT2D eigenvalue weighted by atomic mass is 10.3. The van der Waals surface area contributed by atoms with Crippen LogP contribution in [0.25, 0.3) is 0 Å². The summed E-state index contributed by atoms with van der Waals surface area (Å²) in [7, 11) is 1.88. The molecule has 0 spiro atoms. The van der Waals surface area contributed by atoms with Crippen LogP contribution in [0.1, 0.15) is 25.2 Å². The van der Waals surface area contributed by atoms with Gasteiger partial charge < -0.3 is 10.1 Å². The Morgan fingerprint density at radius 2 is 2.20 bits per heavy atom. The number of nitrogens with one attached hydrogen (secondary N) is 1. The van der Waals surface area contributed by atoms with Gasteiger partial charge in [0.15, 0.2) is 0 Å². The van der Waals surface area contributed by atoms with Crippen LogP contribution >= 0.6 is 11.6 Å². The van der Waals surface area contributed by atoms with Gasteiger partial charge in [0.25, 0.3) is 0 Å². The molecule has 0 saturated carbocycles. The van der Waals surface area contributed by atoms with Crippen molar-refractivity contribution in [1.82, 2.24) is 14.8 Å². The van der Waals surface area contributed by atoms with Crippen LogP contribution in [0.5, 0.6) is 5.88 Å². The second kappa shape index (κ2) is 6.13. The first-order chi connectivity index (χ1) is 9.49. The summed E-state index contributed by atoms with van der Waals surface area (Å²) in [6.45, 7) is 6.40. The van der Waals surface area contributed by atoms with Gasteiger partial charge in [-0.15, -0.1) is 0 Å². The molecule has 2 heterocycles. The van der Waals surface area contributed by atoms with Gasteiger partial charge in [0, 0.05) is 13.2 Å². The van der Waals surface area contributed by atoms with Gasteiger partial charge >= 0.3 is 0 Å². The zero-order chi connectivity index (χ0) is 14.7. The van der Waals surface area contributed by atoms with Gasteiger partial charge in [0.05, 0.1) is 34.7 Å². The molecule has 1 N–H and O–H groups in total. The first-order valence-electron chi connectivity index (χ1n) is 6.52. The molecule has 0 radical (unpaired) electrons. The van der Waals surface area contributed by atoms with Crippen LogP contribution in [0.15, 0.2) is 18.3 Å². The Morgan fingerprint density at radius 1 is 1.45 bits per heavy atom. The third-order valence-electron chi connectivity index (χ3n) is 2.83. The molecule has 0 aliphatic carbocycles. The largest absolute Gasteiger partial charge is 0.473 e.